The summed E-state index contributed by atoms with van der Waals surface area (Å²) in [5, 5.41) is 14.4. The first-order valence-electron chi connectivity index (χ1n) is 5.04. The van der Waals surface area contributed by atoms with Gasteiger partial charge in [0.25, 0.3) is 0 Å². The lowest BCUT2D eigenvalue weighted by Crippen LogP contribution is -2.23. The van der Waals surface area contributed by atoms with Gasteiger partial charge in [0.1, 0.15) is 10.6 Å². The van der Waals surface area contributed by atoms with Crippen LogP contribution < -0.4 is 9.88 Å². The van der Waals surface area contributed by atoms with Crippen LogP contribution in [0.5, 0.6) is 5.75 Å². The van der Waals surface area contributed by atoms with Crippen LogP contribution >= 0.6 is 0 Å². The maximum absolute atomic E-state index is 11.4. The highest BCUT2D eigenvalue weighted by atomic mass is 32.2. The largest absolute Gasteiger partial charge is 0.495 e. The van der Waals surface area contributed by atoms with Gasteiger partial charge in [0.2, 0.25) is 10.0 Å². The van der Waals surface area contributed by atoms with Gasteiger partial charge in [-0.1, -0.05) is 19.9 Å². The van der Waals surface area contributed by atoms with Gasteiger partial charge in [-0.15, -0.1) is 0 Å². The minimum Gasteiger partial charge on any atom is -0.495 e. The van der Waals surface area contributed by atoms with Crippen LogP contribution in [0, 0.1) is 0 Å². The van der Waals surface area contributed by atoms with Gasteiger partial charge >= 0.3 is 0 Å². The summed E-state index contributed by atoms with van der Waals surface area (Å²) in [6.07, 6.45) is 0. The van der Waals surface area contributed by atoms with Crippen molar-refractivity contribution in [3.05, 3.63) is 23.8 Å². The van der Waals surface area contributed by atoms with Crippen LogP contribution in [0.15, 0.2) is 23.1 Å². The summed E-state index contributed by atoms with van der Waals surface area (Å²) >= 11 is 0. The van der Waals surface area contributed by atoms with E-state index < -0.39 is 15.4 Å². The van der Waals surface area contributed by atoms with Crippen molar-refractivity contribution in [2.24, 2.45) is 5.14 Å². The number of sulfonamides is 1. The molecule has 0 radical (unpaired) electrons. The van der Waals surface area contributed by atoms with Crippen molar-refractivity contribution in [3.63, 3.8) is 0 Å². The topological polar surface area (TPSA) is 89.6 Å². The molecule has 0 fully saturated rings. The monoisotopic (exact) mass is 259 g/mol. The zero-order valence-electron chi connectivity index (χ0n) is 10.1. The second-order valence-corrected chi connectivity index (χ2v) is 5.98. The Morgan fingerprint density at radius 1 is 1.41 bits per heavy atom. The van der Waals surface area contributed by atoms with E-state index in [1.807, 2.05) is 13.8 Å². The van der Waals surface area contributed by atoms with E-state index >= 15 is 0 Å². The summed E-state index contributed by atoms with van der Waals surface area (Å²) in [5.41, 5.74) is 0.149. The summed E-state index contributed by atoms with van der Waals surface area (Å²) in [4.78, 5) is -0.0703. The minimum absolute atomic E-state index is 0.0703. The zero-order chi connectivity index (χ0) is 13.3. The van der Waals surface area contributed by atoms with Crippen molar-refractivity contribution in [2.45, 2.75) is 24.2 Å². The van der Waals surface area contributed by atoms with Crippen LogP contribution in [0.3, 0.4) is 0 Å². The number of hydrogen-bond donors (Lipinski definition) is 2. The summed E-state index contributed by atoms with van der Waals surface area (Å²) in [6, 6.07) is 4.68. The molecule has 0 bridgehead atoms. The van der Waals surface area contributed by atoms with Crippen molar-refractivity contribution < 1.29 is 18.3 Å². The number of hydrogen-bond acceptors (Lipinski definition) is 4. The molecule has 1 aromatic rings. The first kappa shape index (κ1) is 14.0. The fourth-order valence-corrected chi connectivity index (χ4v) is 2.13. The molecule has 0 aliphatic carbocycles. The SMILES string of the molecule is COc1ccc(C(C)(C)CO)cc1S(N)(=O)=O. The van der Waals surface area contributed by atoms with E-state index in [2.05, 4.69) is 0 Å². The number of primary sulfonamides is 1. The number of rotatable bonds is 4. The lowest BCUT2D eigenvalue weighted by atomic mass is 9.86. The molecule has 0 unspecified atom stereocenters. The molecule has 0 spiro atoms. The van der Waals surface area contributed by atoms with Gasteiger partial charge in [0, 0.05) is 5.41 Å². The number of ether oxygens (including phenoxy) is 1. The lowest BCUT2D eigenvalue weighted by Gasteiger charge is -2.23. The van der Waals surface area contributed by atoms with E-state index in [1.165, 1.54) is 19.2 Å². The standard InChI is InChI=1S/C11H17NO4S/c1-11(2,7-13)8-4-5-9(16-3)10(6-8)17(12,14)15/h4-6,13H,7H2,1-3H3,(H2,12,14,15). The second kappa shape index (κ2) is 4.64. The molecule has 1 rings (SSSR count). The molecule has 0 aliphatic rings. The average Bonchev–Trinajstić information content (AvgIpc) is 2.27. The Morgan fingerprint density at radius 3 is 2.41 bits per heavy atom. The molecule has 0 aromatic heterocycles. The van der Waals surface area contributed by atoms with Gasteiger partial charge in [-0.25, -0.2) is 13.6 Å². The number of benzene rings is 1. The molecule has 5 nitrogen and oxygen atoms in total. The third kappa shape index (κ3) is 2.96. The molecule has 17 heavy (non-hydrogen) atoms. The molecule has 0 saturated heterocycles. The highest BCUT2D eigenvalue weighted by Crippen LogP contribution is 2.30. The molecule has 0 heterocycles. The van der Waals surface area contributed by atoms with Crippen LogP contribution in [0.4, 0.5) is 0 Å². The predicted octanol–water partition coefficient (Wildman–Crippen LogP) is 0.613. The van der Waals surface area contributed by atoms with E-state index in [9.17, 15) is 13.5 Å². The summed E-state index contributed by atoms with van der Waals surface area (Å²) in [7, 11) is -2.47. The van der Waals surface area contributed by atoms with Crippen molar-refractivity contribution in [2.75, 3.05) is 13.7 Å². The van der Waals surface area contributed by atoms with E-state index in [0.29, 0.717) is 5.56 Å². The van der Waals surface area contributed by atoms with Crippen LogP contribution in [0.2, 0.25) is 0 Å². The van der Waals surface area contributed by atoms with Gasteiger partial charge in [-0.3, -0.25) is 0 Å². The Bertz CT molecular complexity index is 508. The Morgan fingerprint density at radius 2 is 2.00 bits per heavy atom. The highest BCUT2D eigenvalue weighted by molar-refractivity contribution is 7.89. The van der Waals surface area contributed by atoms with Crippen LogP contribution in [-0.4, -0.2) is 27.2 Å². The molecule has 0 saturated carbocycles. The number of nitrogens with two attached hydrogens (primary N) is 1. The van der Waals surface area contributed by atoms with Crippen LogP contribution in [-0.2, 0) is 15.4 Å². The molecular weight excluding hydrogens is 242 g/mol. The van der Waals surface area contributed by atoms with Gasteiger partial charge < -0.3 is 9.84 Å². The van der Waals surface area contributed by atoms with Crippen LogP contribution in [0.25, 0.3) is 0 Å². The molecule has 0 amide bonds. The Kier molecular flexibility index (Phi) is 3.81. The van der Waals surface area contributed by atoms with Crippen LogP contribution in [0.1, 0.15) is 19.4 Å². The van der Waals surface area contributed by atoms with Crippen molar-refractivity contribution in [1.82, 2.24) is 0 Å². The average molecular weight is 259 g/mol. The molecule has 1 aromatic carbocycles. The molecule has 96 valence electrons. The van der Waals surface area contributed by atoms with Crippen molar-refractivity contribution in [1.29, 1.82) is 0 Å². The van der Waals surface area contributed by atoms with E-state index in [0.717, 1.165) is 0 Å². The summed E-state index contributed by atoms with van der Waals surface area (Å²) < 4.78 is 27.8. The van der Waals surface area contributed by atoms with Gasteiger partial charge in [0.15, 0.2) is 0 Å². The second-order valence-electron chi connectivity index (χ2n) is 4.45. The molecule has 3 N–H and O–H groups in total. The Labute approximate surface area is 101 Å². The number of methoxy groups -OCH3 is 1. The number of aliphatic hydroxyl groups excluding tert-OH is 1. The highest BCUT2D eigenvalue weighted by Gasteiger charge is 2.23. The third-order valence-corrected chi connectivity index (χ3v) is 3.58. The third-order valence-electron chi connectivity index (χ3n) is 2.65. The van der Waals surface area contributed by atoms with Gasteiger partial charge in [-0.05, 0) is 17.7 Å². The smallest absolute Gasteiger partial charge is 0.241 e. The molecular formula is C11H17NO4S. The van der Waals surface area contributed by atoms with Gasteiger partial charge in [-0.2, -0.15) is 0 Å². The molecule has 0 atom stereocenters. The predicted molar refractivity (Wildman–Crippen MR) is 64.5 cm³/mol. The fraction of sp³-hybridized carbons (Fsp3) is 0.455. The summed E-state index contributed by atoms with van der Waals surface area (Å²) in [6.45, 7) is 3.52. The van der Waals surface area contributed by atoms with Gasteiger partial charge in [0.05, 0.1) is 13.7 Å². The molecule has 0 aliphatic heterocycles. The van der Waals surface area contributed by atoms with Crippen molar-refractivity contribution >= 4 is 10.0 Å². The first-order chi connectivity index (χ1) is 7.72. The van der Waals surface area contributed by atoms with E-state index in [1.54, 1.807) is 6.07 Å². The maximum atomic E-state index is 11.4. The first-order valence-corrected chi connectivity index (χ1v) is 6.59. The number of aliphatic hydroxyl groups is 1. The summed E-state index contributed by atoms with van der Waals surface area (Å²) in [5.74, 6) is 0.199. The van der Waals surface area contributed by atoms with Crippen molar-refractivity contribution in [3.8, 4) is 5.75 Å². The minimum atomic E-state index is -3.84. The normalized spacial score (nSPS) is 12.5. The quantitative estimate of drug-likeness (QED) is 0.829. The Hall–Kier alpha value is -1.11. The maximum Gasteiger partial charge on any atom is 0.241 e. The fourth-order valence-electron chi connectivity index (χ4n) is 1.41. The lowest BCUT2D eigenvalue weighted by molar-refractivity contribution is 0.218. The zero-order valence-corrected chi connectivity index (χ0v) is 10.9. The molecule has 6 heteroatoms. The van der Waals surface area contributed by atoms with E-state index in [-0.39, 0.29) is 17.3 Å². The Balaban J connectivity index is 3.43. The van der Waals surface area contributed by atoms with E-state index in [4.69, 9.17) is 9.88 Å².